The van der Waals surface area contributed by atoms with Crippen molar-refractivity contribution in [3.63, 3.8) is 0 Å². The zero-order valence-corrected chi connectivity index (χ0v) is 10.5. The van der Waals surface area contributed by atoms with Crippen molar-refractivity contribution in [2.75, 3.05) is 0 Å². The van der Waals surface area contributed by atoms with Crippen LogP contribution in [0.1, 0.15) is 27.5 Å². The second kappa shape index (κ2) is 4.65. The maximum Gasteiger partial charge on any atom is 0.336 e. The number of aryl methyl sites for hydroxylation is 1. The Bertz CT molecular complexity index is 800. The lowest BCUT2D eigenvalue weighted by Gasteiger charge is -1.99. The third-order valence-corrected chi connectivity index (χ3v) is 2.83. The number of furan rings is 1. The summed E-state index contributed by atoms with van der Waals surface area (Å²) >= 11 is 0. The molecular formula is C14H10N2O4. The fourth-order valence-electron chi connectivity index (χ4n) is 1.92. The van der Waals surface area contributed by atoms with Gasteiger partial charge in [0, 0.05) is 0 Å². The lowest BCUT2D eigenvalue weighted by Crippen LogP contribution is -1.99. The predicted octanol–water partition coefficient (Wildman–Crippen LogP) is 2.99. The van der Waals surface area contributed by atoms with Crippen LogP contribution >= 0.6 is 0 Å². The Morgan fingerprint density at radius 3 is 2.95 bits per heavy atom. The Morgan fingerprint density at radius 2 is 2.25 bits per heavy atom. The smallest absolute Gasteiger partial charge is 0.336 e. The second-order valence-corrected chi connectivity index (χ2v) is 4.20. The van der Waals surface area contributed by atoms with Crippen molar-refractivity contribution in [1.29, 1.82) is 0 Å². The van der Waals surface area contributed by atoms with Gasteiger partial charge in [-0.25, -0.2) is 9.78 Å². The van der Waals surface area contributed by atoms with Gasteiger partial charge in [0.25, 0.3) is 5.71 Å². The maximum absolute atomic E-state index is 11.3. The summed E-state index contributed by atoms with van der Waals surface area (Å²) in [5, 5.41) is 13.4. The molecule has 0 amide bonds. The van der Waals surface area contributed by atoms with Crippen molar-refractivity contribution < 1.29 is 18.8 Å². The van der Waals surface area contributed by atoms with E-state index in [1.807, 2.05) is 0 Å². The number of carboxylic acid groups (broad SMARTS) is 1. The van der Waals surface area contributed by atoms with Gasteiger partial charge in [0.05, 0.1) is 28.6 Å². The molecule has 0 fully saturated rings. The molecule has 0 bridgehead atoms. The molecule has 0 saturated carbocycles. The number of carboxylic acids is 1. The molecule has 0 atom stereocenters. The van der Waals surface area contributed by atoms with Gasteiger partial charge in [-0.3, -0.25) is 0 Å². The summed E-state index contributed by atoms with van der Waals surface area (Å²) in [5.41, 5.74) is 1.29. The minimum absolute atomic E-state index is 0.118. The molecule has 0 saturated heterocycles. The van der Waals surface area contributed by atoms with Crippen molar-refractivity contribution in [1.82, 2.24) is 10.1 Å². The van der Waals surface area contributed by atoms with Crippen molar-refractivity contribution in [3.8, 4) is 0 Å². The average molecular weight is 270 g/mol. The molecule has 3 rings (SSSR count). The molecule has 1 N–H and O–H groups in total. The second-order valence-electron chi connectivity index (χ2n) is 4.20. The summed E-state index contributed by atoms with van der Waals surface area (Å²) in [6, 6.07) is 5.03. The monoisotopic (exact) mass is 270 g/mol. The highest BCUT2D eigenvalue weighted by Crippen LogP contribution is 2.22. The zero-order valence-electron chi connectivity index (χ0n) is 10.5. The molecule has 0 radical (unpaired) electrons. The molecule has 0 unspecified atom stereocenters. The Morgan fingerprint density at radius 1 is 1.40 bits per heavy atom. The van der Waals surface area contributed by atoms with Gasteiger partial charge in [0.1, 0.15) is 5.76 Å². The van der Waals surface area contributed by atoms with Crippen molar-refractivity contribution >= 4 is 29.2 Å². The average Bonchev–Trinajstić information content (AvgIpc) is 3.06. The fraction of sp³-hybridized carbons (Fsp3) is 0.0714. The quantitative estimate of drug-likeness (QED) is 0.786. The summed E-state index contributed by atoms with van der Waals surface area (Å²) in [5.74, 6) is -0.395. The van der Waals surface area contributed by atoms with Gasteiger partial charge in [0.2, 0.25) is 0 Å². The zero-order chi connectivity index (χ0) is 14.1. The molecule has 0 aliphatic carbocycles. The first kappa shape index (κ1) is 12.2. The molecule has 3 aromatic heterocycles. The highest BCUT2D eigenvalue weighted by Gasteiger charge is 2.17. The fourth-order valence-corrected chi connectivity index (χ4v) is 1.92. The normalized spacial score (nSPS) is 11.4. The van der Waals surface area contributed by atoms with E-state index in [4.69, 9.17) is 8.94 Å². The number of carbonyl (C=O) groups is 1. The molecule has 3 aromatic rings. The van der Waals surface area contributed by atoms with E-state index in [-0.39, 0.29) is 11.3 Å². The van der Waals surface area contributed by atoms with Gasteiger partial charge in [-0.2, -0.15) is 0 Å². The van der Waals surface area contributed by atoms with Crippen molar-refractivity contribution in [3.05, 3.63) is 47.2 Å². The van der Waals surface area contributed by atoms with Gasteiger partial charge in [-0.1, -0.05) is 5.16 Å². The van der Waals surface area contributed by atoms with E-state index in [1.165, 1.54) is 6.07 Å². The minimum atomic E-state index is -1.05. The Balaban J connectivity index is 2.11. The summed E-state index contributed by atoms with van der Waals surface area (Å²) in [4.78, 5) is 15.5. The van der Waals surface area contributed by atoms with Gasteiger partial charge >= 0.3 is 5.97 Å². The van der Waals surface area contributed by atoms with Crippen LogP contribution in [0, 0.1) is 6.92 Å². The van der Waals surface area contributed by atoms with Gasteiger partial charge < -0.3 is 14.0 Å². The number of nitrogens with zero attached hydrogens (tertiary/aromatic N) is 2. The van der Waals surface area contributed by atoms with E-state index in [1.54, 1.807) is 37.5 Å². The first-order valence-electron chi connectivity index (χ1n) is 5.87. The highest BCUT2D eigenvalue weighted by molar-refractivity contribution is 6.02. The molecule has 20 heavy (non-hydrogen) atoms. The summed E-state index contributed by atoms with van der Waals surface area (Å²) in [6.07, 6.45) is 4.91. The number of fused-ring (bicyclic) bond motifs is 1. The molecule has 0 aliphatic rings. The first-order valence-corrected chi connectivity index (χ1v) is 5.87. The van der Waals surface area contributed by atoms with Crippen LogP contribution in [-0.4, -0.2) is 21.2 Å². The van der Waals surface area contributed by atoms with Gasteiger partial charge in [-0.05, 0) is 37.3 Å². The molecule has 3 heterocycles. The van der Waals surface area contributed by atoms with Crippen LogP contribution in [0.4, 0.5) is 0 Å². The molecule has 0 aromatic carbocycles. The lowest BCUT2D eigenvalue weighted by molar-refractivity contribution is 0.0699. The van der Waals surface area contributed by atoms with E-state index >= 15 is 0 Å². The summed E-state index contributed by atoms with van der Waals surface area (Å²) < 4.78 is 10.2. The molecule has 100 valence electrons. The Kier molecular flexibility index (Phi) is 2.83. The number of hydrogen-bond acceptors (Lipinski definition) is 5. The molecule has 0 spiro atoms. The number of hydrogen-bond donors (Lipinski definition) is 1. The topological polar surface area (TPSA) is 89.4 Å². The highest BCUT2D eigenvalue weighted by atomic mass is 16.5. The number of pyridine rings is 1. The predicted molar refractivity (Wildman–Crippen MR) is 71.1 cm³/mol. The van der Waals surface area contributed by atoms with Gasteiger partial charge in [-0.15, -0.1) is 0 Å². The van der Waals surface area contributed by atoms with Crippen molar-refractivity contribution in [2.24, 2.45) is 0 Å². The Labute approximate surface area is 113 Å². The Hall–Kier alpha value is -2.89. The minimum Gasteiger partial charge on any atom is -0.478 e. The standard InChI is InChI=1S/C14H10N2O4/c1-8-12-11(14(17)18)7-9(15-13(12)20-16-8)4-5-10-3-2-6-19-10/h2-7H,1H3,(H,17,18)/b5-4+. The van der Waals surface area contributed by atoms with Crippen molar-refractivity contribution in [2.45, 2.75) is 6.92 Å². The van der Waals surface area contributed by atoms with Gasteiger partial charge in [0.15, 0.2) is 0 Å². The molecule has 6 nitrogen and oxygen atoms in total. The van der Waals surface area contributed by atoms with Crippen LogP contribution in [0.5, 0.6) is 0 Å². The summed E-state index contributed by atoms with van der Waals surface area (Å²) in [7, 11) is 0. The van der Waals surface area contributed by atoms with Crippen LogP contribution in [0.25, 0.3) is 23.3 Å². The summed E-state index contributed by atoms with van der Waals surface area (Å²) in [6.45, 7) is 1.68. The SMILES string of the molecule is Cc1noc2nc(/C=C/c3ccco3)cc(C(=O)O)c12. The number of aromatic carboxylic acids is 1. The van der Waals surface area contributed by atoms with E-state index in [0.29, 0.717) is 22.5 Å². The molecule has 6 heteroatoms. The van der Waals surface area contributed by atoms with Crippen LogP contribution < -0.4 is 0 Å². The van der Waals surface area contributed by atoms with E-state index < -0.39 is 5.97 Å². The molecule has 0 aliphatic heterocycles. The third-order valence-electron chi connectivity index (χ3n) is 2.83. The van der Waals surface area contributed by atoms with Crippen LogP contribution in [-0.2, 0) is 0 Å². The van der Waals surface area contributed by atoms with E-state index in [2.05, 4.69) is 10.1 Å². The number of rotatable bonds is 3. The van der Waals surface area contributed by atoms with Crippen LogP contribution in [0.3, 0.4) is 0 Å². The van der Waals surface area contributed by atoms with Crippen LogP contribution in [0.2, 0.25) is 0 Å². The maximum atomic E-state index is 11.3. The number of aromatic nitrogens is 2. The van der Waals surface area contributed by atoms with E-state index in [0.717, 1.165) is 0 Å². The lowest BCUT2D eigenvalue weighted by atomic mass is 10.1. The first-order chi connectivity index (χ1) is 9.65. The third kappa shape index (κ3) is 2.07. The molecular weight excluding hydrogens is 260 g/mol. The van der Waals surface area contributed by atoms with E-state index in [9.17, 15) is 9.90 Å². The largest absolute Gasteiger partial charge is 0.478 e. The van der Waals surface area contributed by atoms with Crippen LogP contribution in [0.15, 0.2) is 33.4 Å².